The fourth-order valence-corrected chi connectivity index (χ4v) is 2.22. The maximum Gasteiger partial charge on any atom is 0.416 e. The van der Waals surface area contributed by atoms with Crippen LogP contribution in [0.3, 0.4) is 0 Å². The van der Waals surface area contributed by atoms with Crippen molar-refractivity contribution in [2.24, 2.45) is 7.05 Å². The molecule has 2 aromatic rings. The molecule has 1 aromatic carbocycles. The number of aromatic nitrogens is 2. The van der Waals surface area contributed by atoms with Gasteiger partial charge in [0, 0.05) is 19.9 Å². The highest BCUT2D eigenvalue weighted by Crippen LogP contribution is 2.30. The lowest BCUT2D eigenvalue weighted by molar-refractivity contribution is -0.137. The molecular weight excluding hydrogens is 323 g/mol. The summed E-state index contributed by atoms with van der Waals surface area (Å²) >= 11 is 0. The number of benzene rings is 1. The summed E-state index contributed by atoms with van der Waals surface area (Å²) in [5.41, 5.74) is 0.530. The first-order valence-electron chi connectivity index (χ1n) is 7.20. The zero-order chi connectivity index (χ0) is 17.9. The SMILES string of the molecule is COC[C@@H](NC(=O)c1cc(C)n(C)n1)c1cccc(C(F)(F)F)c1. The predicted octanol–water partition coefficient (Wildman–Crippen LogP) is 2.86. The van der Waals surface area contributed by atoms with E-state index in [-0.39, 0.29) is 12.3 Å². The second-order valence-corrected chi connectivity index (χ2v) is 5.40. The number of hydrogen-bond donors (Lipinski definition) is 1. The highest BCUT2D eigenvalue weighted by molar-refractivity contribution is 5.92. The van der Waals surface area contributed by atoms with Crippen molar-refractivity contribution in [2.45, 2.75) is 19.1 Å². The fraction of sp³-hybridized carbons (Fsp3) is 0.375. The molecule has 24 heavy (non-hydrogen) atoms. The summed E-state index contributed by atoms with van der Waals surface area (Å²) in [5, 5.41) is 6.72. The van der Waals surface area contributed by atoms with Gasteiger partial charge in [-0.05, 0) is 30.7 Å². The van der Waals surface area contributed by atoms with Gasteiger partial charge in [0.25, 0.3) is 5.91 Å². The van der Waals surface area contributed by atoms with Crippen molar-refractivity contribution in [2.75, 3.05) is 13.7 Å². The van der Waals surface area contributed by atoms with Crippen molar-refractivity contribution in [1.82, 2.24) is 15.1 Å². The summed E-state index contributed by atoms with van der Waals surface area (Å²) in [6.07, 6.45) is -4.45. The largest absolute Gasteiger partial charge is 0.416 e. The van der Waals surface area contributed by atoms with Crippen molar-refractivity contribution < 1.29 is 22.7 Å². The van der Waals surface area contributed by atoms with Gasteiger partial charge in [0.05, 0.1) is 18.2 Å². The minimum absolute atomic E-state index is 0.0405. The Hall–Kier alpha value is -2.35. The van der Waals surface area contributed by atoms with Gasteiger partial charge in [0.15, 0.2) is 0 Å². The number of carbonyl (C=O) groups is 1. The number of hydrogen-bond acceptors (Lipinski definition) is 3. The number of nitrogens with one attached hydrogen (secondary N) is 1. The van der Waals surface area contributed by atoms with Gasteiger partial charge in [0.1, 0.15) is 5.69 Å². The number of amides is 1. The molecule has 0 saturated heterocycles. The van der Waals surface area contributed by atoms with E-state index in [0.29, 0.717) is 5.56 Å². The number of carbonyl (C=O) groups excluding carboxylic acids is 1. The number of halogens is 3. The van der Waals surface area contributed by atoms with Gasteiger partial charge in [-0.15, -0.1) is 0 Å². The van der Waals surface area contributed by atoms with Crippen LogP contribution in [0.5, 0.6) is 0 Å². The number of nitrogens with zero attached hydrogens (tertiary/aromatic N) is 2. The van der Waals surface area contributed by atoms with E-state index >= 15 is 0 Å². The standard InChI is InChI=1S/C16H18F3N3O2/c1-10-7-13(21-22(10)2)15(23)20-14(9-24-3)11-5-4-6-12(8-11)16(17,18)19/h4-8,14H,9H2,1-3H3,(H,20,23)/t14-/m1/s1. The monoisotopic (exact) mass is 341 g/mol. The van der Waals surface area contributed by atoms with E-state index in [2.05, 4.69) is 10.4 Å². The van der Waals surface area contributed by atoms with E-state index in [1.165, 1.54) is 19.2 Å². The third kappa shape index (κ3) is 4.14. The van der Waals surface area contributed by atoms with E-state index in [4.69, 9.17) is 4.74 Å². The Morgan fingerprint density at radius 2 is 2.08 bits per heavy atom. The lowest BCUT2D eigenvalue weighted by atomic mass is 10.0. The van der Waals surface area contributed by atoms with Gasteiger partial charge in [-0.2, -0.15) is 18.3 Å². The van der Waals surface area contributed by atoms with Crippen molar-refractivity contribution in [3.05, 3.63) is 52.8 Å². The minimum Gasteiger partial charge on any atom is -0.382 e. The molecule has 5 nitrogen and oxygen atoms in total. The van der Waals surface area contributed by atoms with Crippen LogP contribution < -0.4 is 5.32 Å². The van der Waals surface area contributed by atoms with Crippen molar-refractivity contribution in [3.63, 3.8) is 0 Å². The zero-order valence-electron chi connectivity index (χ0n) is 13.5. The number of alkyl halides is 3. The maximum absolute atomic E-state index is 12.9. The average Bonchev–Trinajstić information content (AvgIpc) is 2.86. The second kappa shape index (κ2) is 7.04. The smallest absolute Gasteiger partial charge is 0.382 e. The van der Waals surface area contributed by atoms with Crippen LogP contribution in [0.1, 0.15) is 33.4 Å². The minimum atomic E-state index is -4.45. The molecule has 0 bridgehead atoms. The summed E-state index contributed by atoms with van der Waals surface area (Å²) in [7, 11) is 3.11. The first kappa shape index (κ1) is 18.0. The molecule has 130 valence electrons. The van der Waals surface area contributed by atoms with Crippen LogP contribution in [-0.2, 0) is 18.0 Å². The molecule has 1 atom stereocenters. The topological polar surface area (TPSA) is 56.1 Å². The predicted molar refractivity (Wildman–Crippen MR) is 81.5 cm³/mol. The molecule has 0 unspecified atom stereocenters. The lowest BCUT2D eigenvalue weighted by Gasteiger charge is -2.19. The molecule has 0 aliphatic rings. The molecular formula is C16H18F3N3O2. The van der Waals surface area contributed by atoms with Crippen LogP contribution in [0.15, 0.2) is 30.3 Å². The molecule has 0 radical (unpaired) electrons. The summed E-state index contributed by atoms with van der Waals surface area (Å²) < 4.78 is 45.2. The summed E-state index contributed by atoms with van der Waals surface area (Å²) in [5.74, 6) is -0.474. The van der Waals surface area contributed by atoms with Crippen LogP contribution in [-0.4, -0.2) is 29.4 Å². The molecule has 2 rings (SSSR count). The van der Waals surface area contributed by atoms with Gasteiger partial charge < -0.3 is 10.1 Å². The summed E-state index contributed by atoms with van der Waals surface area (Å²) in [6.45, 7) is 1.84. The Balaban J connectivity index is 2.24. The maximum atomic E-state index is 12.9. The van der Waals surface area contributed by atoms with Crippen LogP contribution in [0.2, 0.25) is 0 Å². The number of ether oxygens (including phenoxy) is 1. The molecule has 0 saturated carbocycles. The molecule has 8 heteroatoms. The third-order valence-corrected chi connectivity index (χ3v) is 3.60. The van der Waals surface area contributed by atoms with Crippen LogP contribution >= 0.6 is 0 Å². The number of methoxy groups -OCH3 is 1. The fourth-order valence-electron chi connectivity index (χ4n) is 2.22. The van der Waals surface area contributed by atoms with E-state index in [1.807, 2.05) is 0 Å². The number of aryl methyl sites for hydroxylation is 2. The second-order valence-electron chi connectivity index (χ2n) is 5.40. The van der Waals surface area contributed by atoms with Gasteiger partial charge in [-0.1, -0.05) is 12.1 Å². The Morgan fingerprint density at radius 3 is 2.62 bits per heavy atom. The molecule has 1 aromatic heterocycles. The Bertz CT molecular complexity index is 706. The average molecular weight is 341 g/mol. The Labute approximate surface area is 137 Å². The first-order chi connectivity index (χ1) is 11.2. The summed E-state index contributed by atoms with van der Waals surface area (Å²) in [4.78, 5) is 12.3. The Kier molecular flexibility index (Phi) is 5.28. The first-order valence-corrected chi connectivity index (χ1v) is 7.20. The van der Waals surface area contributed by atoms with Gasteiger partial charge >= 0.3 is 6.18 Å². The molecule has 1 N–H and O–H groups in total. The molecule has 0 aliphatic carbocycles. The highest BCUT2D eigenvalue weighted by atomic mass is 19.4. The molecule has 0 fully saturated rings. The van der Waals surface area contributed by atoms with Crippen molar-refractivity contribution in [3.8, 4) is 0 Å². The normalized spacial score (nSPS) is 12.9. The lowest BCUT2D eigenvalue weighted by Crippen LogP contribution is -2.32. The molecule has 0 spiro atoms. The number of rotatable bonds is 5. The van der Waals surface area contributed by atoms with Crippen molar-refractivity contribution >= 4 is 5.91 Å². The van der Waals surface area contributed by atoms with E-state index < -0.39 is 23.7 Å². The van der Waals surface area contributed by atoms with Gasteiger partial charge in [-0.25, -0.2) is 0 Å². The van der Waals surface area contributed by atoms with E-state index in [1.54, 1.807) is 24.7 Å². The third-order valence-electron chi connectivity index (χ3n) is 3.60. The van der Waals surface area contributed by atoms with E-state index in [0.717, 1.165) is 17.8 Å². The van der Waals surface area contributed by atoms with Crippen molar-refractivity contribution in [1.29, 1.82) is 0 Å². The summed E-state index contributed by atoms with van der Waals surface area (Å²) in [6, 6.07) is 5.70. The van der Waals surface area contributed by atoms with Crippen LogP contribution in [0.25, 0.3) is 0 Å². The van der Waals surface area contributed by atoms with Crippen LogP contribution in [0.4, 0.5) is 13.2 Å². The quantitative estimate of drug-likeness (QED) is 0.910. The highest BCUT2D eigenvalue weighted by Gasteiger charge is 2.31. The van der Waals surface area contributed by atoms with E-state index in [9.17, 15) is 18.0 Å². The van der Waals surface area contributed by atoms with Crippen LogP contribution in [0, 0.1) is 6.92 Å². The molecule has 0 aliphatic heterocycles. The zero-order valence-corrected chi connectivity index (χ0v) is 13.5. The molecule has 1 amide bonds. The Morgan fingerprint density at radius 1 is 1.38 bits per heavy atom. The van der Waals surface area contributed by atoms with Gasteiger partial charge in [0.2, 0.25) is 0 Å². The van der Waals surface area contributed by atoms with Gasteiger partial charge in [-0.3, -0.25) is 9.48 Å². The molecule has 1 heterocycles.